The van der Waals surface area contributed by atoms with E-state index in [0.717, 1.165) is 4.47 Å². The number of aliphatic hydroxyl groups is 1. The molecule has 0 saturated carbocycles. The summed E-state index contributed by atoms with van der Waals surface area (Å²) in [5.74, 6) is -1.21. The van der Waals surface area contributed by atoms with Crippen molar-refractivity contribution in [3.8, 4) is 0 Å². The third-order valence-electron chi connectivity index (χ3n) is 2.15. The average molecular weight is 298 g/mol. The van der Waals surface area contributed by atoms with Crippen molar-refractivity contribution in [2.45, 2.75) is 6.10 Å². The predicted octanol–water partition coefficient (Wildman–Crippen LogP) is 2.22. The first-order valence-corrected chi connectivity index (χ1v) is 5.49. The van der Waals surface area contributed by atoms with Crippen LogP contribution in [-0.4, -0.2) is 21.2 Å². The maximum atomic E-state index is 10.6. The highest BCUT2D eigenvalue weighted by Gasteiger charge is 2.17. The van der Waals surface area contributed by atoms with Gasteiger partial charge in [-0.1, -0.05) is 0 Å². The number of pyridine rings is 1. The molecular formula is C11H8BrNO4. The second-order valence-electron chi connectivity index (χ2n) is 3.35. The Morgan fingerprint density at radius 1 is 1.41 bits per heavy atom. The van der Waals surface area contributed by atoms with Crippen LogP contribution in [0.15, 0.2) is 39.5 Å². The minimum Gasteiger partial charge on any atom is -0.475 e. The fraction of sp³-hybridized carbons (Fsp3) is 0.0909. The third-order valence-corrected chi connectivity index (χ3v) is 2.58. The Labute approximate surface area is 105 Å². The Hall–Kier alpha value is -1.66. The van der Waals surface area contributed by atoms with Gasteiger partial charge in [0.1, 0.15) is 11.9 Å². The molecule has 0 aliphatic heterocycles. The van der Waals surface area contributed by atoms with E-state index in [1.165, 1.54) is 18.3 Å². The number of rotatable bonds is 3. The van der Waals surface area contributed by atoms with Crippen molar-refractivity contribution in [3.63, 3.8) is 0 Å². The van der Waals surface area contributed by atoms with E-state index in [1.807, 2.05) is 0 Å². The number of carbonyl (C=O) groups is 1. The monoisotopic (exact) mass is 297 g/mol. The van der Waals surface area contributed by atoms with Crippen LogP contribution in [0.4, 0.5) is 0 Å². The van der Waals surface area contributed by atoms with E-state index in [-0.39, 0.29) is 11.5 Å². The van der Waals surface area contributed by atoms with Crippen LogP contribution in [-0.2, 0) is 0 Å². The predicted molar refractivity (Wildman–Crippen MR) is 61.7 cm³/mol. The molecule has 88 valence electrons. The molecule has 2 aromatic rings. The SMILES string of the molecule is O=C(O)c1ccc(C(O)c2cncc(Br)c2)o1. The summed E-state index contributed by atoms with van der Waals surface area (Å²) in [6, 6.07) is 4.40. The van der Waals surface area contributed by atoms with Gasteiger partial charge >= 0.3 is 5.97 Å². The molecule has 2 rings (SSSR count). The molecule has 17 heavy (non-hydrogen) atoms. The van der Waals surface area contributed by atoms with Crippen LogP contribution in [0.5, 0.6) is 0 Å². The number of furan rings is 1. The summed E-state index contributed by atoms with van der Waals surface area (Å²) < 4.78 is 5.73. The van der Waals surface area contributed by atoms with Crippen molar-refractivity contribution in [2.75, 3.05) is 0 Å². The van der Waals surface area contributed by atoms with E-state index < -0.39 is 12.1 Å². The normalized spacial score (nSPS) is 12.4. The summed E-state index contributed by atoms with van der Waals surface area (Å²) in [7, 11) is 0. The maximum Gasteiger partial charge on any atom is 0.371 e. The lowest BCUT2D eigenvalue weighted by Crippen LogP contribution is -1.99. The van der Waals surface area contributed by atoms with Crippen LogP contribution in [0.25, 0.3) is 0 Å². The molecule has 0 bridgehead atoms. The van der Waals surface area contributed by atoms with Gasteiger partial charge in [-0.05, 0) is 34.1 Å². The number of carboxylic acid groups (broad SMARTS) is 1. The number of aromatic carboxylic acids is 1. The molecule has 0 fully saturated rings. The average Bonchev–Trinajstić information content (AvgIpc) is 2.77. The van der Waals surface area contributed by atoms with Gasteiger partial charge in [-0.15, -0.1) is 0 Å². The molecule has 2 heterocycles. The Bertz CT molecular complexity index is 552. The molecule has 0 aliphatic rings. The summed E-state index contributed by atoms with van der Waals surface area (Å²) in [4.78, 5) is 14.5. The molecule has 6 heteroatoms. The topological polar surface area (TPSA) is 83.6 Å². The summed E-state index contributed by atoms with van der Waals surface area (Å²) in [5.41, 5.74) is 0.519. The van der Waals surface area contributed by atoms with Crippen molar-refractivity contribution in [1.29, 1.82) is 0 Å². The van der Waals surface area contributed by atoms with E-state index in [4.69, 9.17) is 9.52 Å². The zero-order chi connectivity index (χ0) is 12.4. The Morgan fingerprint density at radius 2 is 2.18 bits per heavy atom. The van der Waals surface area contributed by atoms with Gasteiger partial charge in [0.25, 0.3) is 0 Å². The van der Waals surface area contributed by atoms with Gasteiger partial charge in [0.2, 0.25) is 5.76 Å². The van der Waals surface area contributed by atoms with Crippen LogP contribution >= 0.6 is 15.9 Å². The molecule has 2 aromatic heterocycles. The summed E-state index contributed by atoms with van der Waals surface area (Å²) in [6.45, 7) is 0. The van der Waals surface area contributed by atoms with Crippen molar-refractivity contribution in [1.82, 2.24) is 4.98 Å². The molecule has 0 amide bonds. The number of hydrogen-bond donors (Lipinski definition) is 2. The number of aliphatic hydroxyl groups excluding tert-OH is 1. The van der Waals surface area contributed by atoms with E-state index in [2.05, 4.69) is 20.9 Å². The molecule has 5 nitrogen and oxygen atoms in total. The molecule has 0 aromatic carbocycles. The Balaban J connectivity index is 2.30. The Morgan fingerprint density at radius 3 is 2.76 bits per heavy atom. The van der Waals surface area contributed by atoms with Crippen LogP contribution in [0.1, 0.15) is 28.0 Å². The number of halogens is 1. The molecule has 0 saturated heterocycles. The second kappa shape index (κ2) is 4.68. The second-order valence-corrected chi connectivity index (χ2v) is 4.26. The van der Waals surface area contributed by atoms with Gasteiger partial charge < -0.3 is 14.6 Å². The van der Waals surface area contributed by atoms with Gasteiger partial charge in [0.15, 0.2) is 0 Å². The van der Waals surface area contributed by atoms with Crippen molar-refractivity contribution >= 4 is 21.9 Å². The molecule has 1 atom stereocenters. The highest BCUT2D eigenvalue weighted by atomic mass is 79.9. The first-order chi connectivity index (χ1) is 8.08. The van der Waals surface area contributed by atoms with E-state index in [9.17, 15) is 9.90 Å². The minimum absolute atomic E-state index is 0.169. The van der Waals surface area contributed by atoms with E-state index in [1.54, 1.807) is 12.3 Å². The highest BCUT2D eigenvalue weighted by molar-refractivity contribution is 9.10. The molecule has 0 radical (unpaired) electrons. The van der Waals surface area contributed by atoms with Gasteiger partial charge in [-0.3, -0.25) is 4.98 Å². The van der Waals surface area contributed by atoms with Crippen LogP contribution in [0.3, 0.4) is 0 Å². The highest BCUT2D eigenvalue weighted by Crippen LogP contribution is 2.25. The number of aromatic nitrogens is 1. The first kappa shape index (κ1) is 11.8. The fourth-order valence-electron chi connectivity index (χ4n) is 1.36. The van der Waals surface area contributed by atoms with Crippen LogP contribution < -0.4 is 0 Å². The van der Waals surface area contributed by atoms with Gasteiger partial charge in [-0.2, -0.15) is 0 Å². The number of nitrogens with zero attached hydrogens (tertiary/aromatic N) is 1. The van der Waals surface area contributed by atoms with Gasteiger partial charge in [0, 0.05) is 22.4 Å². The zero-order valence-corrected chi connectivity index (χ0v) is 10.1. The quantitative estimate of drug-likeness (QED) is 0.907. The molecular weight excluding hydrogens is 290 g/mol. The van der Waals surface area contributed by atoms with Crippen molar-refractivity contribution < 1.29 is 19.4 Å². The largest absolute Gasteiger partial charge is 0.475 e. The van der Waals surface area contributed by atoms with E-state index >= 15 is 0 Å². The lowest BCUT2D eigenvalue weighted by molar-refractivity contribution is 0.0655. The van der Waals surface area contributed by atoms with Crippen LogP contribution in [0.2, 0.25) is 0 Å². The lowest BCUT2D eigenvalue weighted by Gasteiger charge is -2.07. The van der Waals surface area contributed by atoms with E-state index in [0.29, 0.717) is 5.56 Å². The van der Waals surface area contributed by atoms with Crippen molar-refractivity contribution in [3.05, 3.63) is 52.1 Å². The maximum absolute atomic E-state index is 10.6. The molecule has 1 unspecified atom stereocenters. The number of hydrogen-bond acceptors (Lipinski definition) is 4. The van der Waals surface area contributed by atoms with Gasteiger partial charge in [-0.25, -0.2) is 4.79 Å². The third kappa shape index (κ3) is 2.54. The van der Waals surface area contributed by atoms with Gasteiger partial charge in [0.05, 0.1) is 0 Å². The molecule has 0 aliphatic carbocycles. The molecule has 2 N–H and O–H groups in total. The van der Waals surface area contributed by atoms with Crippen LogP contribution in [0, 0.1) is 0 Å². The van der Waals surface area contributed by atoms with Crippen molar-refractivity contribution in [2.24, 2.45) is 0 Å². The first-order valence-electron chi connectivity index (χ1n) is 4.69. The standard InChI is InChI=1S/C11H8BrNO4/c12-7-3-6(4-13-5-7)10(14)8-1-2-9(17-8)11(15)16/h1-5,10,14H,(H,15,16). The molecule has 0 spiro atoms. The summed E-state index contributed by atoms with van der Waals surface area (Å²) in [6.07, 6.45) is 2.03. The number of carboxylic acids is 1. The zero-order valence-electron chi connectivity index (χ0n) is 8.50. The summed E-state index contributed by atoms with van der Waals surface area (Å²) in [5, 5.41) is 18.7. The minimum atomic E-state index is -1.17. The smallest absolute Gasteiger partial charge is 0.371 e. The lowest BCUT2D eigenvalue weighted by atomic mass is 10.1. The fourth-order valence-corrected chi connectivity index (χ4v) is 1.74. The Kier molecular flexibility index (Phi) is 3.26. The summed E-state index contributed by atoms with van der Waals surface area (Å²) >= 11 is 3.23.